The number of halogens is 1. The number of nitrogens with one attached hydrogen (secondary N) is 1. The van der Waals surface area contributed by atoms with Crippen LogP contribution < -0.4 is 10.2 Å². The number of hydrogen-bond donors (Lipinski definition) is 1. The highest BCUT2D eigenvalue weighted by atomic mass is 79.9. The molecule has 1 atom stereocenters. The van der Waals surface area contributed by atoms with Crippen LogP contribution in [0.1, 0.15) is 28.9 Å². The summed E-state index contributed by atoms with van der Waals surface area (Å²) in [4.78, 5) is 15.0. The summed E-state index contributed by atoms with van der Waals surface area (Å²) in [5, 5.41) is 7.36. The minimum Gasteiger partial charge on any atom is -0.378 e. The van der Waals surface area contributed by atoms with Gasteiger partial charge in [-0.1, -0.05) is 28.1 Å². The van der Waals surface area contributed by atoms with Gasteiger partial charge in [-0.3, -0.25) is 4.79 Å². The Morgan fingerprint density at radius 2 is 1.72 bits per heavy atom. The van der Waals surface area contributed by atoms with Crippen LogP contribution in [-0.4, -0.2) is 42.0 Å². The molecule has 2 heterocycles. The fourth-order valence-electron chi connectivity index (χ4n) is 3.33. The number of nitrogens with zero attached hydrogens (tertiary/aromatic N) is 3. The van der Waals surface area contributed by atoms with E-state index in [1.807, 2.05) is 31.2 Å². The highest BCUT2D eigenvalue weighted by molar-refractivity contribution is 9.10. The molecule has 0 saturated carbocycles. The van der Waals surface area contributed by atoms with Gasteiger partial charge in [0.15, 0.2) is 0 Å². The van der Waals surface area contributed by atoms with Crippen molar-refractivity contribution in [2.24, 2.45) is 0 Å². The third-order valence-corrected chi connectivity index (χ3v) is 5.58. The van der Waals surface area contributed by atoms with Crippen molar-refractivity contribution in [3.05, 3.63) is 76.5 Å². The number of rotatable bonds is 5. The molecule has 0 spiro atoms. The van der Waals surface area contributed by atoms with Gasteiger partial charge in [0.2, 0.25) is 0 Å². The monoisotopic (exact) mass is 454 g/mol. The predicted octanol–water partition coefficient (Wildman–Crippen LogP) is 3.96. The van der Waals surface area contributed by atoms with Crippen molar-refractivity contribution in [1.82, 2.24) is 15.1 Å². The van der Waals surface area contributed by atoms with E-state index in [4.69, 9.17) is 4.74 Å². The first-order valence-corrected chi connectivity index (χ1v) is 10.4. The molecule has 4 rings (SSSR count). The summed E-state index contributed by atoms with van der Waals surface area (Å²) in [6.45, 7) is 5.34. The maximum Gasteiger partial charge on any atom is 0.254 e. The number of hydrogen-bond acceptors (Lipinski definition) is 4. The Kier molecular flexibility index (Phi) is 5.97. The quantitative estimate of drug-likeness (QED) is 0.633. The van der Waals surface area contributed by atoms with E-state index in [0.717, 1.165) is 42.0 Å². The largest absolute Gasteiger partial charge is 0.378 e. The third-order valence-electron chi connectivity index (χ3n) is 5.05. The van der Waals surface area contributed by atoms with Crippen LogP contribution in [0.3, 0.4) is 0 Å². The molecule has 0 radical (unpaired) electrons. The van der Waals surface area contributed by atoms with E-state index in [9.17, 15) is 4.79 Å². The van der Waals surface area contributed by atoms with Crippen LogP contribution in [0.15, 0.2) is 65.4 Å². The van der Waals surface area contributed by atoms with E-state index in [1.165, 1.54) is 5.69 Å². The Morgan fingerprint density at radius 3 is 2.41 bits per heavy atom. The van der Waals surface area contributed by atoms with Gasteiger partial charge in [-0.05, 0) is 48.9 Å². The van der Waals surface area contributed by atoms with E-state index in [1.54, 1.807) is 17.1 Å². The average molecular weight is 455 g/mol. The zero-order valence-corrected chi connectivity index (χ0v) is 17.8. The summed E-state index contributed by atoms with van der Waals surface area (Å²) in [5.41, 5.74) is 3.69. The van der Waals surface area contributed by atoms with Gasteiger partial charge >= 0.3 is 0 Å². The number of carbonyl (C=O) groups excluding carboxylic acids is 1. The summed E-state index contributed by atoms with van der Waals surface area (Å²) >= 11 is 3.42. The predicted molar refractivity (Wildman–Crippen MR) is 117 cm³/mol. The molecule has 1 aliphatic heterocycles. The topological polar surface area (TPSA) is 59.4 Å². The Hall–Kier alpha value is -2.64. The molecule has 1 unspecified atom stereocenters. The fourth-order valence-corrected chi connectivity index (χ4v) is 3.60. The van der Waals surface area contributed by atoms with E-state index in [0.29, 0.717) is 5.56 Å². The van der Waals surface area contributed by atoms with Gasteiger partial charge in [-0.25, -0.2) is 4.68 Å². The first-order chi connectivity index (χ1) is 14.1. The Bertz CT molecular complexity index is 963. The standard InChI is InChI=1S/C22H23BrN4O2/c1-16(17-2-6-20(7-3-17)26-10-12-29-13-11-26)25-22(28)18-14-24-27(15-18)21-8-4-19(23)5-9-21/h2-9,14-16H,10-13H2,1H3,(H,25,28). The van der Waals surface area contributed by atoms with Crippen LogP contribution in [0.4, 0.5) is 5.69 Å². The molecule has 1 aliphatic rings. The SMILES string of the molecule is CC(NC(=O)c1cnn(-c2ccc(Br)cc2)c1)c1ccc(N2CCOCC2)cc1. The van der Waals surface area contributed by atoms with Crippen LogP contribution in [0.2, 0.25) is 0 Å². The number of benzene rings is 2. The molecule has 7 heteroatoms. The lowest BCUT2D eigenvalue weighted by Gasteiger charge is -2.29. The van der Waals surface area contributed by atoms with Gasteiger partial charge in [-0.2, -0.15) is 5.10 Å². The summed E-state index contributed by atoms with van der Waals surface area (Å²) in [5.74, 6) is -0.141. The van der Waals surface area contributed by atoms with Crippen molar-refractivity contribution in [3.63, 3.8) is 0 Å². The summed E-state index contributed by atoms with van der Waals surface area (Å²) in [6.07, 6.45) is 3.33. The molecule has 1 N–H and O–H groups in total. The van der Waals surface area contributed by atoms with E-state index in [2.05, 4.69) is 55.5 Å². The molecular formula is C22H23BrN4O2. The lowest BCUT2D eigenvalue weighted by Crippen LogP contribution is -2.36. The lowest BCUT2D eigenvalue weighted by molar-refractivity contribution is 0.0940. The van der Waals surface area contributed by atoms with Crippen molar-refractivity contribution in [3.8, 4) is 5.69 Å². The van der Waals surface area contributed by atoms with Gasteiger partial charge in [0.1, 0.15) is 0 Å². The van der Waals surface area contributed by atoms with Crippen LogP contribution in [0.25, 0.3) is 5.69 Å². The molecule has 1 fully saturated rings. The molecule has 6 nitrogen and oxygen atoms in total. The zero-order valence-electron chi connectivity index (χ0n) is 16.2. The first kappa shape index (κ1) is 19.7. The van der Waals surface area contributed by atoms with Crippen molar-refractivity contribution >= 4 is 27.5 Å². The van der Waals surface area contributed by atoms with Crippen LogP contribution in [0, 0.1) is 0 Å². The van der Waals surface area contributed by atoms with Crippen molar-refractivity contribution in [1.29, 1.82) is 0 Å². The summed E-state index contributed by atoms with van der Waals surface area (Å²) < 4.78 is 8.10. The van der Waals surface area contributed by atoms with Gasteiger partial charge < -0.3 is 15.0 Å². The molecule has 29 heavy (non-hydrogen) atoms. The summed E-state index contributed by atoms with van der Waals surface area (Å²) in [6, 6.07) is 16.0. The second-order valence-corrected chi connectivity index (χ2v) is 7.95. The highest BCUT2D eigenvalue weighted by Gasteiger charge is 2.15. The fraction of sp³-hybridized carbons (Fsp3) is 0.273. The Labute approximate surface area is 178 Å². The first-order valence-electron chi connectivity index (χ1n) is 9.64. The lowest BCUT2D eigenvalue weighted by atomic mass is 10.1. The maximum absolute atomic E-state index is 12.6. The Morgan fingerprint density at radius 1 is 1.07 bits per heavy atom. The van der Waals surface area contributed by atoms with Crippen molar-refractivity contribution < 1.29 is 9.53 Å². The number of carbonyl (C=O) groups is 1. The highest BCUT2D eigenvalue weighted by Crippen LogP contribution is 2.21. The zero-order chi connectivity index (χ0) is 20.2. The molecule has 3 aromatic rings. The maximum atomic E-state index is 12.6. The van der Waals surface area contributed by atoms with Crippen LogP contribution >= 0.6 is 15.9 Å². The minimum atomic E-state index is -0.141. The average Bonchev–Trinajstić information content (AvgIpc) is 3.25. The number of morpholine rings is 1. The smallest absolute Gasteiger partial charge is 0.254 e. The number of anilines is 1. The molecule has 1 saturated heterocycles. The van der Waals surface area contributed by atoms with Crippen molar-refractivity contribution in [2.45, 2.75) is 13.0 Å². The van der Waals surface area contributed by atoms with Crippen LogP contribution in [-0.2, 0) is 4.74 Å². The molecule has 0 aliphatic carbocycles. The number of aromatic nitrogens is 2. The minimum absolute atomic E-state index is 0.0998. The second-order valence-electron chi connectivity index (χ2n) is 7.04. The molecule has 1 aromatic heterocycles. The number of ether oxygens (including phenoxy) is 1. The van der Waals surface area contributed by atoms with Gasteiger partial charge in [0, 0.05) is 29.4 Å². The second kappa shape index (κ2) is 8.80. The molecule has 150 valence electrons. The normalized spacial score (nSPS) is 15.2. The van der Waals surface area contributed by atoms with E-state index >= 15 is 0 Å². The van der Waals surface area contributed by atoms with Gasteiger partial charge in [0.25, 0.3) is 5.91 Å². The molecule has 1 amide bonds. The van der Waals surface area contributed by atoms with Crippen LogP contribution in [0.5, 0.6) is 0 Å². The molecule has 0 bridgehead atoms. The van der Waals surface area contributed by atoms with Gasteiger partial charge in [0.05, 0.1) is 36.7 Å². The molecule has 2 aromatic carbocycles. The van der Waals surface area contributed by atoms with Gasteiger partial charge in [-0.15, -0.1) is 0 Å². The number of amides is 1. The van der Waals surface area contributed by atoms with Crippen molar-refractivity contribution in [2.75, 3.05) is 31.2 Å². The van der Waals surface area contributed by atoms with E-state index in [-0.39, 0.29) is 11.9 Å². The Balaban J connectivity index is 1.39. The van der Waals surface area contributed by atoms with E-state index < -0.39 is 0 Å². The summed E-state index contributed by atoms with van der Waals surface area (Å²) in [7, 11) is 0. The molecular weight excluding hydrogens is 432 g/mol. The third kappa shape index (κ3) is 4.68.